The number of amides is 1. The van der Waals surface area contributed by atoms with Gasteiger partial charge in [0.15, 0.2) is 5.69 Å². The zero-order valence-electron chi connectivity index (χ0n) is 11.0. The van der Waals surface area contributed by atoms with Crippen molar-refractivity contribution in [2.45, 2.75) is 13.5 Å². The summed E-state index contributed by atoms with van der Waals surface area (Å²) >= 11 is 0. The first-order valence-electron chi connectivity index (χ1n) is 5.77. The highest BCUT2D eigenvalue weighted by Crippen LogP contribution is 2.04. The third-order valence-electron chi connectivity index (χ3n) is 2.39. The van der Waals surface area contributed by atoms with Crippen LogP contribution in [0.25, 0.3) is 0 Å². The molecular weight excluding hydrogens is 246 g/mol. The van der Waals surface area contributed by atoms with Crippen molar-refractivity contribution < 1.29 is 9.32 Å². The summed E-state index contributed by atoms with van der Waals surface area (Å²) < 4.78 is 4.85. The molecular formula is C12H15N5O2. The Bertz CT molecular complexity index is 579. The second-order valence-electron chi connectivity index (χ2n) is 4.25. The molecule has 0 saturated carbocycles. The van der Waals surface area contributed by atoms with Crippen molar-refractivity contribution >= 4 is 11.9 Å². The Morgan fingerprint density at radius 2 is 2.26 bits per heavy atom. The molecule has 7 heteroatoms. The van der Waals surface area contributed by atoms with Gasteiger partial charge < -0.3 is 14.7 Å². The molecule has 1 N–H and O–H groups in total. The minimum Gasteiger partial charge on any atom is -0.361 e. The van der Waals surface area contributed by atoms with E-state index in [0.29, 0.717) is 18.3 Å². The lowest BCUT2D eigenvalue weighted by atomic mass is 10.3. The average molecular weight is 261 g/mol. The van der Waals surface area contributed by atoms with E-state index in [4.69, 9.17) is 4.52 Å². The highest BCUT2D eigenvalue weighted by atomic mass is 16.5. The van der Waals surface area contributed by atoms with E-state index in [2.05, 4.69) is 20.4 Å². The quantitative estimate of drug-likeness (QED) is 0.875. The second kappa shape index (κ2) is 5.47. The predicted octanol–water partition coefficient (Wildman–Crippen LogP) is 0.769. The van der Waals surface area contributed by atoms with E-state index in [-0.39, 0.29) is 11.6 Å². The van der Waals surface area contributed by atoms with E-state index in [0.717, 1.165) is 5.69 Å². The van der Waals surface area contributed by atoms with Gasteiger partial charge in [-0.25, -0.2) is 9.97 Å². The van der Waals surface area contributed by atoms with Gasteiger partial charge in [0.05, 0.1) is 12.2 Å². The van der Waals surface area contributed by atoms with E-state index >= 15 is 0 Å². The molecule has 0 fully saturated rings. The molecule has 0 bridgehead atoms. The van der Waals surface area contributed by atoms with Gasteiger partial charge in [0.1, 0.15) is 5.76 Å². The third-order valence-corrected chi connectivity index (χ3v) is 2.39. The van der Waals surface area contributed by atoms with E-state index < -0.39 is 0 Å². The number of carbonyl (C=O) groups is 1. The summed E-state index contributed by atoms with van der Waals surface area (Å²) in [5, 5.41) is 6.37. The van der Waals surface area contributed by atoms with Crippen LogP contribution in [0.2, 0.25) is 0 Å². The highest BCUT2D eigenvalue weighted by Gasteiger charge is 2.10. The van der Waals surface area contributed by atoms with Crippen LogP contribution in [0.3, 0.4) is 0 Å². The molecule has 19 heavy (non-hydrogen) atoms. The molecule has 0 atom stereocenters. The normalized spacial score (nSPS) is 10.3. The largest absolute Gasteiger partial charge is 0.361 e. The number of hydrogen-bond donors (Lipinski definition) is 1. The van der Waals surface area contributed by atoms with Crippen molar-refractivity contribution in [3.8, 4) is 0 Å². The number of nitrogens with zero attached hydrogens (tertiary/aromatic N) is 4. The van der Waals surface area contributed by atoms with Gasteiger partial charge in [-0.05, 0) is 13.0 Å². The zero-order valence-corrected chi connectivity index (χ0v) is 11.0. The van der Waals surface area contributed by atoms with Crippen LogP contribution in [0.1, 0.15) is 21.9 Å². The smallest absolute Gasteiger partial charge is 0.273 e. The van der Waals surface area contributed by atoms with Gasteiger partial charge >= 0.3 is 0 Å². The van der Waals surface area contributed by atoms with Crippen molar-refractivity contribution in [3.63, 3.8) is 0 Å². The fourth-order valence-corrected chi connectivity index (χ4v) is 1.43. The van der Waals surface area contributed by atoms with Crippen LogP contribution >= 0.6 is 0 Å². The van der Waals surface area contributed by atoms with Crippen LogP contribution in [0.15, 0.2) is 22.9 Å². The highest BCUT2D eigenvalue weighted by molar-refractivity contribution is 5.92. The second-order valence-corrected chi connectivity index (χ2v) is 4.25. The van der Waals surface area contributed by atoms with Crippen LogP contribution in [0, 0.1) is 6.92 Å². The minimum absolute atomic E-state index is 0.263. The summed E-state index contributed by atoms with van der Waals surface area (Å²) in [5.74, 6) is 0.910. The molecule has 0 aliphatic rings. The van der Waals surface area contributed by atoms with Gasteiger partial charge in [-0.3, -0.25) is 4.79 Å². The molecule has 2 aromatic rings. The number of nitrogens with one attached hydrogen (secondary N) is 1. The Hall–Kier alpha value is -2.44. The maximum absolute atomic E-state index is 11.8. The van der Waals surface area contributed by atoms with Gasteiger partial charge in [0, 0.05) is 26.4 Å². The number of aromatic nitrogens is 3. The maximum atomic E-state index is 11.8. The molecule has 0 saturated heterocycles. The Kier molecular flexibility index (Phi) is 3.74. The molecule has 0 aliphatic heterocycles. The molecule has 2 rings (SSSR count). The Morgan fingerprint density at radius 3 is 2.89 bits per heavy atom. The van der Waals surface area contributed by atoms with Crippen LogP contribution < -0.4 is 10.2 Å². The topological polar surface area (TPSA) is 84.2 Å². The fraction of sp³-hybridized carbons (Fsp3) is 0.333. The fourth-order valence-electron chi connectivity index (χ4n) is 1.43. The maximum Gasteiger partial charge on any atom is 0.273 e. The first kappa shape index (κ1) is 13.0. The van der Waals surface area contributed by atoms with Gasteiger partial charge in [-0.2, -0.15) is 0 Å². The number of rotatable bonds is 4. The summed E-state index contributed by atoms with van der Waals surface area (Å²) in [4.78, 5) is 22.0. The Morgan fingerprint density at radius 1 is 1.47 bits per heavy atom. The molecule has 0 aromatic carbocycles. The van der Waals surface area contributed by atoms with E-state index in [1.807, 2.05) is 14.1 Å². The lowest BCUT2D eigenvalue weighted by Gasteiger charge is -2.10. The molecule has 7 nitrogen and oxygen atoms in total. The number of hydrogen-bond acceptors (Lipinski definition) is 6. The molecule has 2 heterocycles. The summed E-state index contributed by atoms with van der Waals surface area (Å²) in [6, 6.07) is 3.34. The Balaban J connectivity index is 1.99. The summed E-state index contributed by atoms with van der Waals surface area (Å²) in [6.07, 6.45) is 1.66. The van der Waals surface area contributed by atoms with E-state index in [9.17, 15) is 4.79 Å². The first-order chi connectivity index (χ1) is 9.06. The molecule has 0 unspecified atom stereocenters. The van der Waals surface area contributed by atoms with E-state index in [1.165, 1.54) is 0 Å². The molecule has 0 spiro atoms. The number of aryl methyl sites for hydroxylation is 1. The summed E-state index contributed by atoms with van der Waals surface area (Å²) in [7, 11) is 3.71. The van der Waals surface area contributed by atoms with Gasteiger partial charge in [-0.15, -0.1) is 0 Å². The van der Waals surface area contributed by atoms with Crippen LogP contribution in [0.5, 0.6) is 0 Å². The van der Waals surface area contributed by atoms with Gasteiger partial charge in [-0.1, -0.05) is 5.16 Å². The SMILES string of the molecule is Cc1cc(C(=O)NCc2ccnc(N(C)C)n2)no1. The van der Waals surface area contributed by atoms with Crippen molar-refractivity contribution in [1.82, 2.24) is 20.4 Å². The van der Waals surface area contributed by atoms with Crippen molar-refractivity contribution in [3.05, 3.63) is 35.5 Å². The molecule has 0 aliphatic carbocycles. The third kappa shape index (κ3) is 3.27. The molecule has 100 valence electrons. The molecule has 2 aromatic heterocycles. The van der Waals surface area contributed by atoms with Crippen LogP contribution in [0.4, 0.5) is 5.95 Å². The predicted molar refractivity (Wildman–Crippen MR) is 68.8 cm³/mol. The van der Waals surface area contributed by atoms with Crippen LogP contribution in [-0.4, -0.2) is 35.1 Å². The average Bonchev–Trinajstić information content (AvgIpc) is 2.83. The lowest BCUT2D eigenvalue weighted by Crippen LogP contribution is -2.24. The van der Waals surface area contributed by atoms with Gasteiger partial charge in [0.25, 0.3) is 5.91 Å². The van der Waals surface area contributed by atoms with Crippen molar-refractivity contribution in [1.29, 1.82) is 0 Å². The monoisotopic (exact) mass is 261 g/mol. The first-order valence-corrected chi connectivity index (χ1v) is 5.77. The Labute approximate surface area is 110 Å². The lowest BCUT2D eigenvalue weighted by molar-refractivity contribution is 0.0941. The zero-order chi connectivity index (χ0) is 13.8. The molecule has 0 radical (unpaired) electrons. The van der Waals surface area contributed by atoms with Gasteiger partial charge in [0.2, 0.25) is 5.95 Å². The number of carbonyl (C=O) groups excluding carboxylic acids is 1. The van der Waals surface area contributed by atoms with Crippen LogP contribution in [-0.2, 0) is 6.54 Å². The van der Waals surface area contributed by atoms with E-state index in [1.54, 1.807) is 30.2 Å². The standard InChI is InChI=1S/C12H15N5O2/c1-8-6-10(16-19-8)11(18)14-7-9-4-5-13-12(15-9)17(2)3/h4-6H,7H2,1-3H3,(H,14,18). The van der Waals surface area contributed by atoms with Crippen molar-refractivity contribution in [2.24, 2.45) is 0 Å². The minimum atomic E-state index is -0.290. The molecule has 1 amide bonds. The summed E-state index contributed by atoms with van der Waals surface area (Å²) in [5.41, 5.74) is 0.992. The van der Waals surface area contributed by atoms with Crippen molar-refractivity contribution in [2.75, 3.05) is 19.0 Å². The number of anilines is 1. The summed E-state index contributed by atoms with van der Waals surface area (Å²) in [6.45, 7) is 2.05.